The number of aromatic nitrogens is 3. The third-order valence-electron chi connectivity index (χ3n) is 4.84. The van der Waals surface area contributed by atoms with Gasteiger partial charge in [-0.1, -0.05) is 6.07 Å². The highest BCUT2D eigenvalue weighted by atomic mass is 35.5. The minimum atomic E-state index is -4.39. The number of benzene rings is 1. The SMILES string of the molecule is Cl.FC(F)(F)c1cccc(Nc2nc(N3CCCC3)nc(N3CCCC3)n2)c1. The summed E-state index contributed by atoms with van der Waals surface area (Å²) in [7, 11) is 0. The molecule has 2 aromatic rings. The number of hydrogen-bond acceptors (Lipinski definition) is 6. The summed E-state index contributed by atoms with van der Waals surface area (Å²) in [4.78, 5) is 17.7. The van der Waals surface area contributed by atoms with Gasteiger partial charge in [0.2, 0.25) is 17.8 Å². The van der Waals surface area contributed by atoms with Crippen molar-refractivity contribution in [2.45, 2.75) is 31.9 Å². The van der Waals surface area contributed by atoms with E-state index in [0.29, 0.717) is 17.6 Å². The Hall–Kier alpha value is -2.29. The molecule has 1 N–H and O–H groups in total. The Balaban J connectivity index is 0.00000225. The molecule has 0 unspecified atom stereocenters. The molecule has 6 nitrogen and oxygen atoms in total. The van der Waals surface area contributed by atoms with Gasteiger partial charge in [0.1, 0.15) is 0 Å². The van der Waals surface area contributed by atoms with E-state index < -0.39 is 11.7 Å². The van der Waals surface area contributed by atoms with Crippen LogP contribution in [-0.4, -0.2) is 41.1 Å². The van der Waals surface area contributed by atoms with Crippen molar-refractivity contribution >= 4 is 35.9 Å². The van der Waals surface area contributed by atoms with Gasteiger partial charge < -0.3 is 15.1 Å². The molecule has 2 aliphatic heterocycles. The van der Waals surface area contributed by atoms with Crippen molar-refractivity contribution in [2.24, 2.45) is 0 Å². The first kappa shape index (κ1) is 20.4. The fourth-order valence-electron chi connectivity index (χ4n) is 3.43. The Bertz CT molecular complexity index is 770. The van der Waals surface area contributed by atoms with Gasteiger partial charge in [0.15, 0.2) is 0 Å². The van der Waals surface area contributed by atoms with Crippen LogP contribution >= 0.6 is 12.4 Å². The van der Waals surface area contributed by atoms with E-state index in [4.69, 9.17) is 0 Å². The molecule has 0 atom stereocenters. The summed E-state index contributed by atoms with van der Waals surface area (Å²) in [5.74, 6) is 1.44. The quantitative estimate of drug-likeness (QED) is 0.806. The first-order valence-corrected chi connectivity index (χ1v) is 9.19. The van der Waals surface area contributed by atoms with Crippen LogP contribution in [0.25, 0.3) is 0 Å². The van der Waals surface area contributed by atoms with Gasteiger partial charge in [0.25, 0.3) is 0 Å². The van der Waals surface area contributed by atoms with Crippen molar-refractivity contribution in [1.29, 1.82) is 0 Å². The minimum absolute atomic E-state index is 0. The predicted octanol–water partition coefficient (Wildman–Crippen LogP) is 4.26. The molecule has 2 saturated heterocycles. The van der Waals surface area contributed by atoms with Gasteiger partial charge in [0, 0.05) is 31.9 Å². The summed E-state index contributed by atoms with van der Waals surface area (Å²) in [5, 5.41) is 2.93. The number of anilines is 4. The average molecular weight is 415 g/mol. The van der Waals surface area contributed by atoms with Gasteiger partial charge in [-0.25, -0.2) is 0 Å². The highest BCUT2D eigenvalue weighted by molar-refractivity contribution is 5.85. The molecule has 4 rings (SSSR count). The van der Waals surface area contributed by atoms with E-state index in [0.717, 1.165) is 64.0 Å². The number of nitrogens with zero attached hydrogens (tertiary/aromatic N) is 5. The largest absolute Gasteiger partial charge is 0.416 e. The van der Waals surface area contributed by atoms with Crippen molar-refractivity contribution < 1.29 is 13.2 Å². The van der Waals surface area contributed by atoms with Crippen molar-refractivity contribution in [1.82, 2.24) is 15.0 Å². The lowest BCUT2D eigenvalue weighted by atomic mass is 10.2. The molecular weight excluding hydrogens is 393 g/mol. The topological polar surface area (TPSA) is 57.2 Å². The summed E-state index contributed by atoms with van der Waals surface area (Å²) in [5.41, 5.74) is -0.406. The van der Waals surface area contributed by atoms with Crippen molar-refractivity contribution in [3.8, 4) is 0 Å². The van der Waals surface area contributed by atoms with Gasteiger partial charge in [0.05, 0.1) is 5.56 Å². The molecule has 0 saturated carbocycles. The molecule has 0 radical (unpaired) electrons. The third kappa shape index (κ3) is 4.57. The van der Waals surface area contributed by atoms with Crippen LogP contribution in [0.15, 0.2) is 24.3 Å². The number of nitrogens with one attached hydrogen (secondary N) is 1. The summed E-state index contributed by atoms with van der Waals surface area (Å²) >= 11 is 0. The molecule has 0 aliphatic carbocycles. The van der Waals surface area contributed by atoms with E-state index in [1.54, 1.807) is 6.07 Å². The summed E-state index contributed by atoms with van der Waals surface area (Å²) in [6.45, 7) is 3.53. The van der Waals surface area contributed by atoms with E-state index in [9.17, 15) is 13.2 Å². The molecule has 0 bridgehead atoms. The number of rotatable bonds is 4. The van der Waals surface area contributed by atoms with Crippen LogP contribution in [0.5, 0.6) is 0 Å². The Labute approximate surface area is 167 Å². The Kier molecular flexibility index (Phi) is 6.12. The monoisotopic (exact) mass is 414 g/mol. The molecule has 1 aromatic heterocycles. The highest BCUT2D eigenvalue weighted by Crippen LogP contribution is 2.31. The predicted molar refractivity (Wildman–Crippen MR) is 105 cm³/mol. The fourth-order valence-corrected chi connectivity index (χ4v) is 3.43. The Morgan fingerprint density at radius 2 is 1.36 bits per heavy atom. The Morgan fingerprint density at radius 1 is 0.821 bits per heavy atom. The molecule has 0 spiro atoms. The minimum Gasteiger partial charge on any atom is -0.341 e. The molecule has 0 amide bonds. The van der Waals surface area contributed by atoms with Crippen molar-refractivity contribution in [2.75, 3.05) is 41.3 Å². The summed E-state index contributed by atoms with van der Waals surface area (Å²) in [6, 6.07) is 5.05. The number of hydrogen-bond donors (Lipinski definition) is 1. The van der Waals surface area contributed by atoms with Crippen molar-refractivity contribution in [3.05, 3.63) is 29.8 Å². The first-order valence-electron chi connectivity index (χ1n) is 9.19. The van der Waals surface area contributed by atoms with Gasteiger partial charge in [-0.2, -0.15) is 28.1 Å². The van der Waals surface area contributed by atoms with Crippen LogP contribution < -0.4 is 15.1 Å². The van der Waals surface area contributed by atoms with Crippen LogP contribution in [0.3, 0.4) is 0 Å². The molecule has 28 heavy (non-hydrogen) atoms. The maximum atomic E-state index is 13.0. The second-order valence-corrected chi connectivity index (χ2v) is 6.85. The van der Waals surface area contributed by atoms with Crippen LogP contribution in [0.4, 0.5) is 36.7 Å². The van der Waals surface area contributed by atoms with E-state index in [1.165, 1.54) is 6.07 Å². The molecular formula is C18H22ClF3N6. The van der Waals surface area contributed by atoms with Crippen LogP contribution in [0.1, 0.15) is 31.2 Å². The lowest BCUT2D eigenvalue weighted by Crippen LogP contribution is -2.25. The zero-order valence-electron chi connectivity index (χ0n) is 15.2. The smallest absolute Gasteiger partial charge is 0.341 e. The van der Waals surface area contributed by atoms with Crippen molar-refractivity contribution in [3.63, 3.8) is 0 Å². The lowest BCUT2D eigenvalue weighted by molar-refractivity contribution is -0.137. The second-order valence-electron chi connectivity index (χ2n) is 6.85. The average Bonchev–Trinajstić information content (AvgIpc) is 3.35. The van der Waals surface area contributed by atoms with E-state index in [2.05, 4.69) is 30.1 Å². The summed E-state index contributed by atoms with van der Waals surface area (Å²) in [6.07, 6.45) is -0.0529. The zero-order valence-corrected chi connectivity index (χ0v) is 16.1. The zero-order chi connectivity index (χ0) is 18.9. The lowest BCUT2D eigenvalue weighted by Gasteiger charge is -2.21. The molecule has 3 heterocycles. The second kappa shape index (κ2) is 8.38. The highest BCUT2D eigenvalue weighted by Gasteiger charge is 2.30. The van der Waals surface area contributed by atoms with Crippen LogP contribution in [0.2, 0.25) is 0 Å². The molecule has 152 valence electrons. The van der Waals surface area contributed by atoms with Gasteiger partial charge in [-0.05, 0) is 43.9 Å². The van der Waals surface area contributed by atoms with E-state index in [-0.39, 0.29) is 18.4 Å². The van der Waals surface area contributed by atoms with Gasteiger partial charge in [-0.3, -0.25) is 0 Å². The van der Waals surface area contributed by atoms with E-state index in [1.807, 2.05) is 0 Å². The number of alkyl halides is 3. The first-order chi connectivity index (χ1) is 13.0. The third-order valence-corrected chi connectivity index (χ3v) is 4.84. The van der Waals surface area contributed by atoms with Crippen LogP contribution in [0, 0.1) is 0 Å². The van der Waals surface area contributed by atoms with Gasteiger partial charge >= 0.3 is 6.18 Å². The normalized spacial score (nSPS) is 17.0. The van der Waals surface area contributed by atoms with E-state index >= 15 is 0 Å². The molecule has 2 fully saturated rings. The molecule has 10 heteroatoms. The molecule has 2 aliphatic rings. The number of halogens is 4. The van der Waals surface area contributed by atoms with Crippen LogP contribution in [-0.2, 0) is 6.18 Å². The fraction of sp³-hybridized carbons (Fsp3) is 0.500. The molecule has 1 aromatic carbocycles. The van der Waals surface area contributed by atoms with Gasteiger partial charge in [-0.15, -0.1) is 12.4 Å². The summed E-state index contributed by atoms with van der Waals surface area (Å²) < 4.78 is 38.9. The standard InChI is InChI=1S/C18H21F3N6.ClH/c19-18(20,21)13-6-5-7-14(12-13)22-15-23-16(26-8-1-2-9-26)25-17(24-15)27-10-3-4-11-27;/h5-7,12H,1-4,8-11H2,(H,22,23,24,25);1H. The Morgan fingerprint density at radius 3 is 1.86 bits per heavy atom. The maximum absolute atomic E-state index is 13.0. The maximum Gasteiger partial charge on any atom is 0.416 e.